The van der Waals surface area contributed by atoms with Crippen LogP contribution in [0.15, 0.2) is 265 Å². The number of rotatable bonds is 9. The van der Waals surface area contributed by atoms with E-state index in [1.807, 2.05) is 6.07 Å². The van der Waals surface area contributed by atoms with Gasteiger partial charge in [0, 0.05) is 55.5 Å². The van der Waals surface area contributed by atoms with Crippen molar-refractivity contribution in [3.8, 4) is 27.9 Å². The first kappa shape index (κ1) is 39.3. The lowest BCUT2D eigenvalue weighted by Crippen LogP contribution is -2.14. The zero-order valence-corrected chi connectivity index (χ0v) is 37.1. The van der Waals surface area contributed by atoms with Crippen LogP contribution in [-0.2, 0) is 0 Å². The third kappa shape index (κ3) is 6.61. The van der Waals surface area contributed by atoms with Crippen molar-refractivity contribution in [1.82, 2.24) is 4.57 Å². The van der Waals surface area contributed by atoms with Gasteiger partial charge in [0.05, 0.1) is 27.8 Å². The highest BCUT2D eigenvalue weighted by atomic mass is 16.3. The molecule has 0 saturated heterocycles. The number of hydrogen-bond acceptors (Lipinski definition) is 3. The minimum absolute atomic E-state index is 0.851. The highest BCUT2D eigenvalue weighted by Gasteiger charge is 2.26. The number of benzene rings is 11. The Bertz CT molecular complexity index is 3950. The van der Waals surface area contributed by atoms with E-state index in [-0.39, 0.29) is 0 Å². The van der Waals surface area contributed by atoms with Crippen molar-refractivity contribution in [3.05, 3.63) is 261 Å². The minimum Gasteiger partial charge on any atom is -0.456 e. The van der Waals surface area contributed by atoms with Crippen LogP contribution in [0.25, 0.3) is 82.5 Å². The molecule has 0 aliphatic heterocycles. The van der Waals surface area contributed by atoms with E-state index in [0.29, 0.717) is 0 Å². The number of anilines is 6. The number of fused-ring (bicyclic) bond motifs is 7. The second-order valence-electron chi connectivity index (χ2n) is 17.3. The lowest BCUT2D eigenvalue weighted by molar-refractivity contribution is 0.669. The van der Waals surface area contributed by atoms with Gasteiger partial charge in [-0.1, -0.05) is 176 Å². The van der Waals surface area contributed by atoms with Gasteiger partial charge in [0.25, 0.3) is 0 Å². The molecule has 0 amide bonds. The maximum absolute atomic E-state index is 6.69. The Balaban J connectivity index is 1.08. The Morgan fingerprint density at radius 3 is 1.63 bits per heavy atom. The van der Waals surface area contributed by atoms with Crippen LogP contribution >= 0.6 is 0 Å². The predicted molar refractivity (Wildman–Crippen MR) is 286 cm³/mol. The van der Waals surface area contributed by atoms with Crippen molar-refractivity contribution in [2.45, 2.75) is 0 Å². The second-order valence-corrected chi connectivity index (χ2v) is 17.3. The molecule has 320 valence electrons. The van der Waals surface area contributed by atoms with Crippen molar-refractivity contribution in [1.29, 1.82) is 0 Å². The molecule has 13 rings (SSSR count). The summed E-state index contributed by atoms with van der Waals surface area (Å²) >= 11 is 0. The molecule has 0 bridgehead atoms. The standard InChI is InChI=1S/C64H43N3O/c1-5-19-44(20-6-1)45-33-35-50(36-34-45)66(64-53-28-14-13-23-47(53)41-62-63(64)56-30-16-18-32-61(56)68-62)51-38-40-59(57(42-51)46-21-7-2-8-22-46)65(48-24-9-3-10-25-48)52-37-39-55-54-29-15-17-31-58(54)67(60(55)43-52)49-26-11-4-12-27-49/h1-43H. The number of aromatic nitrogens is 1. The Morgan fingerprint density at radius 1 is 0.324 bits per heavy atom. The summed E-state index contributed by atoms with van der Waals surface area (Å²) in [4.78, 5) is 4.85. The Labute approximate surface area is 394 Å². The van der Waals surface area contributed by atoms with Crippen LogP contribution < -0.4 is 9.80 Å². The molecule has 0 aliphatic carbocycles. The lowest BCUT2D eigenvalue weighted by Gasteiger charge is -2.31. The van der Waals surface area contributed by atoms with E-state index in [4.69, 9.17) is 4.42 Å². The van der Waals surface area contributed by atoms with E-state index < -0.39 is 0 Å². The normalized spacial score (nSPS) is 11.5. The summed E-state index contributed by atoms with van der Waals surface area (Å²) in [7, 11) is 0. The number of hydrogen-bond donors (Lipinski definition) is 0. The van der Waals surface area contributed by atoms with Crippen LogP contribution in [0.3, 0.4) is 0 Å². The summed E-state index contributed by atoms with van der Waals surface area (Å²) < 4.78 is 9.09. The fraction of sp³-hybridized carbons (Fsp3) is 0. The van der Waals surface area contributed by atoms with Crippen molar-refractivity contribution in [2.24, 2.45) is 0 Å². The SMILES string of the molecule is c1ccc(-c2ccc(N(c3ccc(N(c4ccccc4)c4ccc5c6ccccc6n(-c6ccccc6)c5c4)c(-c4ccccc4)c3)c3c4ccccc4cc4oc5ccccc5c34)cc2)cc1. The molecule has 0 unspecified atom stereocenters. The molecule has 0 fully saturated rings. The van der Waals surface area contributed by atoms with Crippen molar-refractivity contribution >= 4 is 88.6 Å². The van der Waals surface area contributed by atoms with E-state index in [0.717, 1.165) is 94.7 Å². The Hall–Kier alpha value is -9.12. The molecule has 2 heterocycles. The van der Waals surface area contributed by atoms with Gasteiger partial charge >= 0.3 is 0 Å². The highest BCUT2D eigenvalue weighted by molar-refractivity contribution is 6.22. The first-order valence-corrected chi connectivity index (χ1v) is 23.2. The van der Waals surface area contributed by atoms with Crippen molar-refractivity contribution in [2.75, 3.05) is 9.80 Å². The maximum atomic E-state index is 6.69. The molecular weight excluding hydrogens is 827 g/mol. The van der Waals surface area contributed by atoms with Gasteiger partial charge in [-0.2, -0.15) is 0 Å². The first-order valence-electron chi connectivity index (χ1n) is 23.2. The second kappa shape index (κ2) is 16.4. The molecule has 0 N–H and O–H groups in total. The molecule has 0 aliphatic rings. The van der Waals surface area contributed by atoms with Crippen molar-refractivity contribution < 1.29 is 4.42 Å². The van der Waals surface area contributed by atoms with Gasteiger partial charge in [-0.05, 0) is 107 Å². The number of furan rings is 1. The van der Waals surface area contributed by atoms with Gasteiger partial charge in [-0.3, -0.25) is 0 Å². The van der Waals surface area contributed by atoms with Crippen molar-refractivity contribution in [3.63, 3.8) is 0 Å². The molecule has 68 heavy (non-hydrogen) atoms. The Morgan fingerprint density at radius 2 is 0.868 bits per heavy atom. The predicted octanol–water partition coefficient (Wildman–Crippen LogP) is 18.1. The van der Waals surface area contributed by atoms with Gasteiger partial charge in [-0.25, -0.2) is 0 Å². The summed E-state index contributed by atoms with van der Waals surface area (Å²) in [5, 5.41) is 6.83. The molecule has 4 nitrogen and oxygen atoms in total. The van der Waals surface area contributed by atoms with E-state index in [1.165, 1.54) is 21.9 Å². The number of nitrogens with zero attached hydrogens (tertiary/aromatic N) is 3. The van der Waals surface area contributed by atoms with E-state index in [1.54, 1.807) is 0 Å². The first-order chi connectivity index (χ1) is 33.7. The fourth-order valence-electron chi connectivity index (χ4n) is 10.3. The zero-order chi connectivity index (χ0) is 45.0. The van der Waals surface area contributed by atoms with Gasteiger partial charge in [0.1, 0.15) is 11.2 Å². The molecule has 0 atom stereocenters. The van der Waals surface area contributed by atoms with Gasteiger partial charge in [0.15, 0.2) is 0 Å². The summed E-state index contributed by atoms with van der Waals surface area (Å²) in [5.41, 5.74) is 16.0. The van der Waals surface area contributed by atoms with Gasteiger partial charge in [-0.15, -0.1) is 0 Å². The fourth-order valence-corrected chi connectivity index (χ4v) is 10.3. The van der Waals surface area contributed by atoms with Crippen LogP contribution in [0, 0.1) is 0 Å². The third-order valence-electron chi connectivity index (χ3n) is 13.3. The van der Waals surface area contributed by atoms with Crippen LogP contribution in [0.1, 0.15) is 0 Å². The Kier molecular flexibility index (Phi) is 9.47. The lowest BCUT2D eigenvalue weighted by atomic mass is 9.98. The number of para-hydroxylation sites is 4. The largest absolute Gasteiger partial charge is 0.456 e. The summed E-state index contributed by atoms with van der Waals surface area (Å²) in [6.07, 6.45) is 0. The summed E-state index contributed by atoms with van der Waals surface area (Å²) in [6, 6.07) is 93.7. The zero-order valence-electron chi connectivity index (χ0n) is 37.1. The molecule has 2 aromatic heterocycles. The third-order valence-corrected chi connectivity index (χ3v) is 13.3. The smallest absolute Gasteiger partial charge is 0.138 e. The monoisotopic (exact) mass is 869 g/mol. The maximum Gasteiger partial charge on any atom is 0.138 e. The van der Waals surface area contributed by atoms with Crippen LogP contribution in [0.4, 0.5) is 34.1 Å². The molecule has 0 spiro atoms. The average Bonchev–Trinajstić information content (AvgIpc) is 3.95. The van der Waals surface area contributed by atoms with Crippen LogP contribution in [-0.4, -0.2) is 4.57 Å². The highest BCUT2D eigenvalue weighted by Crippen LogP contribution is 2.50. The average molecular weight is 870 g/mol. The molecule has 13 aromatic rings. The molecule has 0 saturated carbocycles. The van der Waals surface area contributed by atoms with Gasteiger partial charge in [0.2, 0.25) is 0 Å². The molecule has 4 heteroatoms. The summed E-state index contributed by atoms with van der Waals surface area (Å²) in [5.74, 6) is 0. The van der Waals surface area contributed by atoms with Crippen LogP contribution in [0.2, 0.25) is 0 Å². The van der Waals surface area contributed by atoms with E-state index >= 15 is 0 Å². The molecule has 0 radical (unpaired) electrons. The molecule has 11 aromatic carbocycles. The van der Waals surface area contributed by atoms with E-state index in [2.05, 4.69) is 269 Å². The summed E-state index contributed by atoms with van der Waals surface area (Å²) in [6.45, 7) is 0. The minimum atomic E-state index is 0.851. The quantitative estimate of drug-likeness (QED) is 0.144. The van der Waals surface area contributed by atoms with Crippen LogP contribution in [0.5, 0.6) is 0 Å². The van der Waals surface area contributed by atoms with E-state index in [9.17, 15) is 0 Å². The topological polar surface area (TPSA) is 24.6 Å². The molecular formula is C64H43N3O. The van der Waals surface area contributed by atoms with Gasteiger partial charge < -0.3 is 18.8 Å².